The number of unbranched alkanes of at least 4 members (excludes halogenated alkanes) is 1. The fourth-order valence-corrected chi connectivity index (χ4v) is 2.26. The molecule has 0 bridgehead atoms. The summed E-state index contributed by atoms with van der Waals surface area (Å²) in [5.74, 6) is 3.35. The van der Waals surface area contributed by atoms with Gasteiger partial charge in [0.05, 0.1) is 5.69 Å². The summed E-state index contributed by atoms with van der Waals surface area (Å²) in [6, 6.07) is 0. The van der Waals surface area contributed by atoms with Crippen molar-refractivity contribution in [2.75, 3.05) is 5.73 Å². The molecule has 1 aliphatic rings. The van der Waals surface area contributed by atoms with Crippen molar-refractivity contribution >= 4 is 5.82 Å². The lowest BCUT2D eigenvalue weighted by atomic mass is 10.1. The minimum absolute atomic E-state index is 0.482. The summed E-state index contributed by atoms with van der Waals surface area (Å²) in [5, 5.41) is 0. The lowest BCUT2D eigenvalue weighted by Crippen LogP contribution is -2.07. The van der Waals surface area contributed by atoms with Gasteiger partial charge in [0.25, 0.3) is 0 Å². The van der Waals surface area contributed by atoms with E-state index in [1.165, 1.54) is 31.5 Å². The van der Waals surface area contributed by atoms with Crippen molar-refractivity contribution < 1.29 is 0 Å². The van der Waals surface area contributed by atoms with Crippen LogP contribution in [0, 0.1) is 0 Å². The summed E-state index contributed by atoms with van der Waals surface area (Å²) in [5.41, 5.74) is 7.42. The molecule has 0 saturated heterocycles. The number of hydrogen-bond acceptors (Lipinski definition) is 2. The van der Waals surface area contributed by atoms with Crippen molar-refractivity contribution in [1.82, 2.24) is 9.55 Å². The Bertz CT molecular complexity index is 377. The molecule has 17 heavy (non-hydrogen) atoms. The molecule has 1 saturated carbocycles. The van der Waals surface area contributed by atoms with E-state index < -0.39 is 0 Å². The maximum Gasteiger partial charge on any atom is 0.127 e. The number of anilines is 1. The van der Waals surface area contributed by atoms with Crippen LogP contribution in [0.1, 0.15) is 76.2 Å². The van der Waals surface area contributed by atoms with E-state index in [0.717, 1.165) is 24.5 Å². The summed E-state index contributed by atoms with van der Waals surface area (Å²) in [6.07, 6.45) is 6.10. The molecule has 3 heteroatoms. The first-order valence-corrected chi connectivity index (χ1v) is 7.04. The van der Waals surface area contributed by atoms with Gasteiger partial charge in [0.15, 0.2) is 0 Å². The first-order valence-electron chi connectivity index (χ1n) is 7.04. The molecule has 0 amide bonds. The van der Waals surface area contributed by atoms with E-state index in [0.29, 0.717) is 11.8 Å². The van der Waals surface area contributed by atoms with E-state index in [9.17, 15) is 0 Å². The Morgan fingerprint density at radius 1 is 1.41 bits per heavy atom. The Balaban J connectivity index is 2.29. The van der Waals surface area contributed by atoms with E-state index in [1.54, 1.807) is 0 Å². The minimum atomic E-state index is 0.482. The standard InChI is InChI=1S/C14H25N3/c1-4-6-9-17-13(15)12(10(3)5-2)16-14(17)11-7-8-11/h10-11H,4-9,15H2,1-3H3. The summed E-state index contributed by atoms with van der Waals surface area (Å²) < 4.78 is 2.28. The second-order valence-electron chi connectivity index (χ2n) is 5.33. The van der Waals surface area contributed by atoms with E-state index in [-0.39, 0.29) is 0 Å². The molecule has 1 heterocycles. The zero-order valence-corrected chi connectivity index (χ0v) is 11.4. The molecular formula is C14H25N3. The van der Waals surface area contributed by atoms with Gasteiger partial charge in [-0.05, 0) is 25.7 Å². The summed E-state index contributed by atoms with van der Waals surface area (Å²) >= 11 is 0. The van der Waals surface area contributed by atoms with Crippen molar-refractivity contribution in [2.45, 2.75) is 71.3 Å². The van der Waals surface area contributed by atoms with Gasteiger partial charge in [-0.1, -0.05) is 27.2 Å². The van der Waals surface area contributed by atoms with E-state index in [2.05, 4.69) is 25.3 Å². The summed E-state index contributed by atoms with van der Waals surface area (Å²) in [4.78, 5) is 4.83. The van der Waals surface area contributed by atoms with Gasteiger partial charge in [-0.25, -0.2) is 4.98 Å². The number of imidazole rings is 1. The van der Waals surface area contributed by atoms with Crippen LogP contribution in [0.25, 0.3) is 0 Å². The van der Waals surface area contributed by atoms with Crippen LogP contribution in [0.15, 0.2) is 0 Å². The largest absolute Gasteiger partial charge is 0.384 e. The van der Waals surface area contributed by atoms with Crippen molar-refractivity contribution in [3.63, 3.8) is 0 Å². The Morgan fingerprint density at radius 2 is 2.12 bits per heavy atom. The highest BCUT2D eigenvalue weighted by Crippen LogP contribution is 2.41. The smallest absolute Gasteiger partial charge is 0.127 e. The normalized spacial score (nSPS) is 17.4. The number of nitrogen functional groups attached to an aromatic ring is 1. The van der Waals surface area contributed by atoms with Gasteiger partial charge in [0, 0.05) is 18.4 Å². The highest BCUT2D eigenvalue weighted by Gasteiger charge is 2.31. The minimum Gasteiger partial charge on any atom is -0.384 e. The molecule has 0 aromatic carbocycles. The topological polar surface area (TPSA) is 43.8 Å². The van der Waals surface area contributed by atoms with Gasteiger partial charge in [-0.15, -0.1) is 0 Å². The average molecular weight is 235 g/mol. The predicted octanol–water partition coefficient (Wildman–Crippen LogP) is 3.66. The number of nitrogens with two attached hydrogens (primary N) is 1. The molecule has 1 aliphatic carbocycles. The van der Waals surface area contributed by atoms with Crippen molar-refractivity contribution in [1.29, 1.82) is 0 Å². The number of rotatable bonds is 6. The Morgan fingerprint density at radius 3 is 2.65 bits per heavy atom. The zero-order valence-electron chi connectivity index (χ0n) is 11.4. The van der Waals surface area contributed by atoms with Gasteiger partial charge in [0.1, 0.15) is 11.6 Å². The molecule has 1 fully saturated rings. The molecule has 1 aromatic heterocycles. The zero-order chi connectivity index (χ0) is 12.4. The molecule has 2 N–H and O–H groups in total. The molecule has 0 aliphatic heterocycles. The highest BCUT2D eigenvalue weighted by molar-refractivity contribution is 5.41. The van der Waals surface area contributed by atoms with Gasteiger partial charge in [-0.2, -0.15) is 0 Å². The lowest BCUT2D eigenvalue weighted by molar-refractivity contribution is 0.609. The third-order valence-electron chi connectivity index (χ3n) is 3.82. The van der Waals surface area contributed by atoms with Crippen molar-refractivity contribution in [3.8, 4) is 0 Å². The molecule has 0 spiro atoms. The second kappa shape index (κ2) is 5.11. The monoisotopic (exact) mass is 235 g/mol. The Labute approximate surface area is 104 Å². The predicted molar refractivity (Wildman–Crippen MR) is 72.2 cm³/mol. The molecular weight excluding hydrogens is 210 g/mol. The first-order chi connectivity index (χ1) is 8.19. The Hall–Kier alpha value is -0.990. The maximum atomic E-state index is 6.29. The maximum absolute atomic E-state index is 6.29. The van der Waals surface area contributed by atoms with Crippen LogP contribution >= 0.6 is 0 Å². The SMILES string of the molecule is CCCCn1c(C2CC2)nc(C(C)CC)c1N. The third-order valence-corrected chi connectivity index (χ3v) is 3.82. The van der Waals surface area contributed by atoms with Gasteiger partial charge < -0.3 is 10.3 Å². The fraction of sp³-hybridized carbons (Fsp3) is 0.786. The fourth-order valence-electron chi connectivity index (χ4n) is 2.26. The van der Waals surface area contributed by atoms with Crippen LogP contribution in [0.3, 0.4) is 0 Å². The summed E-state index contributed by atoms with van der Waals surface area (Å²) in [6.45, 7) is 7.68. The van der Waals surface area contributed by atoms with Crippen LogP contribution in [0.2, 0.25) is 0 Å². The van der Waals surface area contributed by atoms with E-state index in [1.807, 2.05) is 0 Å². The van der Waals surface area contributed by atoms with Crippen LogP contribution in [-0.2, 0) is 6.54 Å². The Kier molecular flexibility index (Phi) is 3.75. The van der Waals surface area contributed by atoms with E-state index in [4.69, 9.17) is 10.7 Å². The van der Waals surface area contributed by atoms with Gasteiger partial charge in [-0.3, -0.25) is 0 Å². The average Bonchev–Trinajstić information content (AvgIpc) is 3.12. The van der Waals surface area contributed by atoms with Crippen LogP contribution in [0.5, 0.6) is 0 Å². The van der Waals surface area contributed by atoms with Crippen LogP contribution < -0.4 is 5.73 Å². The third kappa shape index (κ3) is 2.48. The molecule has 0 radical (unpaired) electrons. The van der Waals surface area contributed by atoms with Crippen LogP contribution in [0.4, 0.5) is 5.82 Å². The molecule has 1 atom stereocenters. The first kappa shape index (κ1) is 12.5. The molecule has 1 unspecified atom stereocenters. The molecule has 2 rings (SSSR count). The van der Waals surface area contributed by atoms with Crippen LogP contribution in [-0.4, -0.2) is 9.55 Å². The van der Waals surface area contributed by atoms with Crippen molar-refractivity contribution in [3.05, 3.63) is 11.5 Å². The number of hydrogen-bond donors (Lipinski definition) is 1. The van der Waals surface area contributed by atoms with Crippen molar-refractivity contribution in [2.24, 2.45) is 0 Å². The number of aromatic nitrogens is 2. The second-order valence-corrected chi connectivity index (χ2v) is 5.33. The number of nitrogens with zero attached hydrogens (tertiary/aromatic N) is 2. The molecule has 3 nitrogen and oxygen atoms in total. The molecule has 1 aromatic rings. The lowest BCUT2D eigenvalue weighted by Gasteiger charge is -2.09. The van der Waals surface area contributed by atoms with E-state index >= 15 is 0 Å². The quantitative estimate of drug-likeness (QED) is 0.817. The molecule has 96 valence electrons. The highest BCUT2D eigenvalue weighted by atomic mass is 15.2. The van der Waals surface area contributed by atoms with Gasteiger partial charge in [0.2, 0.25) is 0 Å². The van der Waals surface area contributed by atoms with Gasteiger partial charge >= 0.3 is 0 Å². The summed E-state index contributed by atoms with van der Waals surface area (Å²) in [7, 11) is 0.